The van der Waals surface area contributed by atoms with Crippen molar-refractivity contribution in [1.29, 1.82) is 0 Å². The van der Waals surface area contributed by atoms with E-state index < -0.39 is 0 Å². The van der Waals surface area contributed by atoms with E-state index in [-0.39, 0.29) is 5.91 Å². The number of nitrogens with one attached hydrogen (secondary N) is 1. The van der Waals surface area contributed by atoms with Crippen LogP contribution in [0.1, 0.15) is 38.5 Å². The third-order valence-electron chi connectivity index (χ3n) is 4.46. The number of nitrogens with two attached hydrogens (primary N) is 1. The van der Waals surface area contributed by atoms with Crippen LogP contribution in [0.2, 0.25) is 0 Å². The molecule has 1 heterocycles. The minimum atomic E-state index is 0.212. The average molecular weight is 282 g/mol. The van der Waals surface area contributed by atoms with E-state index in [4.69, 9.17) is 5.73 Å². The third-order valence-corrected chi connectivity index (χ3v) is 4.46. The van der Waals surface area contributed by atoms with E-state index in [1.165, 1.54) is 19.3 Å². The lowest BCUT2D eigenvalue weighted by Gasteiger charge is -2.25. The molecule has 3 N–H and O–H groups in total. The van der Waals surface area contributed by atoms with Gasteiger partial charge >= 0.3 is 0 Å². The zero-order valence-electron chi connectivity index (χ0n) is 12.6. The topological polar surface area (TPSA) is 61.6 Å². The van der Waals surface area contributed by atoms with Gasteiger partial charge < -0.3 is 16.0 Å². The van der Waals surface area contributed by atoms with Crippen molar-refractivity contribution in [3.8, 4) is 0 Å². The van der Waals surface area contributed by atoms with Crippen molar-refractivity contribution >= 4 is 5.91 Å². The highest BCUT2D eigenvalue weighted by atomic mass is 16.2. The number of nitrogens with zero attached hydrogens (tertiary/aromatic N) is 2. The number of carbonyl (C=O) groups excluding carboxylic acids is 1. The fourth-order valence-corrected chi connectivity index (χ4v) is 3.31. The van der Waals surface area contributed by atoms with E-state index in [2.05, 4.69) is 15.1 Å². The Labute approximate surface area is 122 Å². The van der Waals surface area contributed by atoms with Gasteiger partial charge in [0, 0.05) is 32.2 Å². The monoisotopic (exact) mass is 282 g/mol. The van der Waals surface area contributed by atoms with E-state index in [9.17, 15) is 4.79 Å². The van der Waals surface area contributed by atoms with Gasteiger partial charge in [0.1, 0.15) is 0 Å². The number of hydrogen-bond donors (Lipinski definition) is 2. The standard InChI is InChI=1S/C15H30N4O/c16-7-10-18-8-4-9-19(12-11-18)13-15(20)17-14-5-2-1-3-6-14/h14H,1-13,16H2,(H,17,20). The van der Waals surface area contributed by atoms with Crippen LogP contribution in [0.4, 0.5) is 0 Å². The molecule has 20 heavy (non-hydrogen) atoms. The second kappa shape index (κ2) is 8.60. The summed E-state index contributed by atoms with van der Waals surface area (Å²) >= 11 is 0. The van der Waals surface area contributed by atoms with Crippen molar-refractivity contribution in [3.63, 3.8) is 0 Å². The normalized spacial score (nSPS) is 23.4. The number of rotatable bonds is 5. The van der Waals surface area contributed by atoms with Gasteiger partial charge in [0.25, 0.3) is 0 Å². The minimum Gasteiger partial charge on any atom is -0.352 e. The van der Waals surface area contributed by atoms with E-state index in [1.54, 1.807) is 0 Å². The van der Waals surface area contributed by atoms with Gasteiger partial charge in [-0.25, -0.2) is 0 Å². The van der Waals surface area contributed by atoms with E-state index in [0.29, 0.717) is 12.6 Å². The quantitative estimate of drug-likeness (QED) is 0.766. The highest BCUT2D eigenvalue weighted by molar-refractivity contribution is 5.78. The van der Waals surface area contributed by atoms with Gasteiger partial charge in [0.05, 0.1) is 6.54 Å². The molecule has 0 atom stereocenters. The summed E-state index contributed by atoms with van der Waals surface area (Å²) in [6, 6.07) is 0.428. The summed E-state index contributed by atoms with van der Waals surface area (Å²) in [5, 5.41) is 3.21. The second-order valence-electron chi connectivity index (χ2n) is 6.16. The summed E-state index contributed by atoms with van der Waals surface area (Å²) in [6.07, 6.45) is 7.32. The molecule has 0 aromatic heterocycles. The van der Waals surface area contributed by atoms with Crippen molar-refractivity contribution in [2.45, 2.75) is 44.6 Å². The van der Waals surface area contributed by atoms with Gasteiger partial charge in [-0.1, -0.05) is 19.3 Å². The van der Waals surface area contributed by atoms with Crippen LogP contribution in [0.15, 0.2) is 0 Å². The van der Waals surface area contributed by atoms with Gasteiger partial charge in [0.2, 0.25) is 5.91 Å². The SMILES string of the molecule is NCCN1CCCN(CC(=O)NC2CCCCC2)CC1. The minimum absolute atomic E-state index is 0.212. The lowest BCUT2D eigenvalue weighted by Crippen LogP contribution is -2.43. The average Bonchev–Trinajstić information content (AvgIpc) is 2.66. The third kappa shape index (κ3) is 5.38. The van der Waals surface area contributed by atoms with Crippen LogP contribution in [0, 0.1) is 0 Å². The van der Waals surface area contributed by atoms with E-state index >= 15 is 0 Å². The smallest absolute Gasteiger partial charge is 0.234 e. The van der Waals surface area contributed by atoms with Crippen LogP contribution < -0.4 is 11.1 Å². The van der Waals surface area contributed by atoms with Crippen molar-refractivity contribution < 1.29 is 4.79 Å². The Kier molecular flexibility index (Phi) is 6.76. The van der Waals surface area contributed by atoms with Crippen molar-refractivity contribution in [2.75, 3.05) is 45.8 Å². The fourth-order valence-electron chi connectivity index (χ4n) is 3.31. The molecule has 0 aromatic carbocycles. The van der Waals surface area contributed by atoms with Gasteiger partial charge in [0.15, 0.2) is 0 Å². The van der Waals surface area contributed by atoms with Crippen LogP contribution in [-0.2, 0) is 4.79 Å². The predicted molar refractivity (Wildman–Crippen MR) is 81.6 cm³/mol. The zero-order chi connectivity index (χ0) is 14.2. The molecule has 2 fully saturated rings. The number of hydrogen-bond acceptors (Lipinski definition) is 4. The molecule has 1 amide bonds. The zero-order valence-corrected chi connectivity index (χ0v) is 12.6. The molecule has 2 rings (SSSR count). The Morgan fingerprint density at radius 1 is 1.00 bits per heavy atom. The maximum Gasteiger partial charge on any atom is 0.234 e. The molecular weight excluding hydrogens is 252 g/mol. The van der Waals surface area contributed by atoms with Crippen LogP contribution in [0.25, 0.3) is 0 Å². The van der Waals surface area contributed by atoms with Gasteiger partial charge in [-0.2, -0.15) is 0 Å². The molecule has 116 valence electrons. The Balaban J connectivity index is 1.68. The van der Waals surface area contributed by atoms with Gasteiger partial charge in [-0.3, -0.25) is 9.69 Å². The van der Waals surface area contributed by atoms with Crippen LogP contribution in [0.5, 0.6) is 0 Å². The second-order valence-corrected chi connectivity index (χ2v) is 6.16. The molecule has 0 radical (unpaired) electrons. The first-order valence-electron chi connectivity index (χ1n) is 8.22. The first-order chi connectivity index (χ1) is 9.78. The molecule has 5 nitrogen and oxygen atoms in total. The Morgan fingerprint density at radius 3 is 2.45 bits per heavy atom. The largest absolute Gasteiger partial charge is 0.352 e. The molecule has 0 unspecified atom stereocenters. The highest BCUT2D eigenvalue weighted by Gasteiger charge is 2.19. The maximum atomic E-state index is 12.1. The summed E-state index contributed by atoms with van der Waals surface area (Å²) in [5.74, 6) is 0.212. The summed E-state index contributed by atoms with van der Waals surface area (Å²) in [7, 11) is 0. The Bertz CT molecular complexity index is 292. The molecule has 0 spiro atoms. The molecule has 1 aliphatic carbocycles. The van der Waals surface area contributed by atoms with Crippen molar-refractivity contribution in [3.05, 3.63) is 0 Å². The summed E-state index contributed by atoms with van der Waals surface area (Å²) in [4.78, 5) is 16.8. The number of carbonyl (C=O) groups is 1. The molecule has 0 aromatic rings. The van der Waals surface area contributed by atoms with Crippen LogP contribution in [-0.4, -0.2) is 67.6 Å². The summed E-state index contributed by atoms with van der Waals surface area (Å²) in [6.45, 7) is 6.42. The van der Waals surface area contributed by atoms with Gasteiger partial charge in [-0.15, -0.1) is 0 Å². The fraction of sp³-hybridized carbons (Fsp3) is 0.933. The molecule has 1 aliphatic heterocycles. The van der Waals surface area contributed by atoms with Crippen LogP contribution >= 0.6 is 0 Å². The summed E-state index contributed by atoms with van der Waals surface area (Å²) < 4.78 is 0. The first-order valence-corrected chi connectivity index (χ1v) is 8.22. The molecule has 1 saturated carbocycles. The van der Waals surface area contributed by atoms with E-state index in [1.807, 2.05) is 0 Å². The van der Waals surface area contributed by atoms with Crippen molar-refractivity contribution in [1.82, 2.24) is 15.1 Å². The predicted octanol–water partition coefficient (Wildman–Crippen LogP) is 0.402. The molecule has 2 aliphatic rings. The Hall–Kier alpha value is -0.650. The highest BCUT2D eigenvalue weighted by Crippen LogP contribution is 2.17. The van der Waals surface area contributed by atoms with Crippen molar-refractivity contribution in [2.24, 2.45) is 5.73 Å². The molecule has 1 saturated heterocycles. The first kappa shape index (κ1) is 15.7. The molecular formula is C15H30N4O. The van der Waals surface area contributed by atoms with Gasteiger partial charge in [-0.05, 0) is 32.4 Å². The lowest BCUT2D eigenvalue weighted by molar-refractivity contribution is -0.123. The summed E-state index contributed by atoms with van der Waals surface area (Å²) in [5.41, 5.74) is 5.61. The van der Waals surface area contributed by atoms with E-state index in [0.717, 1.165) is 58.5 Å². The maximum absolute atomic E-state index is 12.1. The molecule has 5 heteroatoms. The molecule has 0 bridgehead atoms. The Morgan fingerprint density at radius 2 is 1.70 bits per heavy atom. The lowest BCUT2D eigenvalue weighted by atomic mass is 9.95. The van der Waals surface area contributed by atoms with Crippen LogP contribution in [0.3, 0.4) is 0 Å². The number of amides is 1.